The Morgan fingerprint density at radius 2 is 1.80 bits per heavy atom. The van der Waals surface area contributed by atoms with Crippen molar-refractivity contribution in [1.29, 1.82) is 0 Å². The molecule has 0 atom stereocenters. The Balaban J connectivity index is 1.95. The van der Waals surface area contributed by atoms with Crippen LogP contribution in [0.15, 0.2) is 24.3 Å². The summed E-state index contributed by atoms with van der Waals surface area (Å²) in [5, 5.41) is 3.66. The van der Waals surface area contributed by atoms with Crippen molar-refractivity contribution in [2.24, 2.45) is 0 Å². The summed E-state index contributed by atoms with van der Waals surface area (Å²) in [6.07, 6.45) is 8.31. The minimum atomic E-state index is 0.703. The maximum Gasteiger partial charge on any atom is 0.0344 e. The molecule has 2 rings (SSSR count). The van der Waals surface area contributed by atoms with Gasteiger partial charge in [-0.2, -0.15) is 0 Å². The quantitative estimate of drug-likeness (QED) is 0.713. The van der Waals surface area contributed by atoms with Gasteiger partial charge in [0.15, 0.2) is 0 Å². The molecule has 0 saturated heterocycles. The first kappa shape index (κ1) is 10.5. The molecule has 0 heterocycles. The molecule has 1 fully saturated rings. The van der Waals surface area contributed by atoms with E-state index < -0.39 is 0 Å². The fourth-order valence-electron chi connectivity index (χ4n) is 2.39. The third-order valence-electron chi connectivity index (χ3n) is 3.24. The van der Waals surface area contributed by atoms with E-state index >= 15 is 0 Å². The standard InChI is InChI=1S/C14H21N/c1-12-7-6-10-14(11-12)15-13-8-4-2-3-5-9-13/h6-7,10-11,13,15H,2-5,8-9H2,1H3. The van der Waals surface area contributed by atoms with Crippen molar-refractivity contribution in [2.45, 2.75) is 51.5 Å². The summed E-state index contributed by atoms with van der Waals surface area (Å²) >= 11 is 0. The van der Waals surface area contributed by atoms with Crippen LogP contribution in [-0.2, 0) is 0 Å². The first-order valence-corrected chi connectivity index (χ1v) is 6.18. The Bertz CT molecular complexity index is 298. The molecule has 1 aromatic carbocycles. The first-order chi connectivity index (χ1) is 7.34. The van der Waals surface area contributed by atoms with Gasteiger partial charge in [-0.25, -0.2) is 0 Å². The molecule has 1 N–H and O–H groups in total. The monoisotopic (exact) mass is 203 g/mol. The van der Waals surface area contributed by atoms with Gasteiger partial charge in [-0.1, -0.05) is 37.8 Å². The second-order valence-electron chi connectivity index (χ2n) is 4.70. The van der Waals surface area contributed by atoms with Crippen molar-refractivity contribution in [2.75, 3.05) is 5.32 Å². The average molecular weight is 203 g/mol. The molecule has 0 amide bonds. The van der Waals surface area contributed by atoms with Gasteiger partial charge in [-0.15, -0.1) is 0 Å². The molecule has 1 nitrogen and oxygen atoms in total. The Morgan fingerprint density at radius 1 is 1.07 bits per heavy atom. The zero-order valence-electron chi connectivity index (χ0n) is 9.63. The summed E-state index contributed by atoms with van der Waals surface area (Å²) in [5.41, 5.74) is 2.63. The van der Waals surface area contributed by atoms with E-state index in [2.05, 4.69) is 36.5 Å². The van der Waals surface area contributed by atoms with E-state index in [1.807, 2.05) is 0 Å². The highest BCUT2D eigenvalue weighted by Crippen LogP contribution is 2.21. The van der Waals surface area contributed by atoms with Gasteiger partial charge >= 0.3 is 0 Å². The van der Waals surface area contributed by atoms with Crippen molar-refractivity contribution >= 4 is 5.69 Å². The minimum Gasteiger partial charge on any atom is -0.382 e. The Kier molecular flexibility index (Phi) is 3.65. The van der Waals surface area contributed by atoms with Crippen LogP contribution in [0.5, 0.6) is 0 Å². The van der Waals surface area contributed by atoms with Crippen LogP contribution in [-0.4, -0.2) is 6.04 Å². The molecular formula is C14H21N. The third-order valence-corrected chi connectivity index (χ3v) is 3.24. The Labute approximate surface area is 92.9 Å². The smallest absolute Gasteiger partial charge is 0.0344 e. The Morgan fingerprint density at radius 3 is 2.47 bits per heavy atom. The molecule has 82 valence electrons. The Hall–Kier alpha value is -0.980. The maximum absolute atomic E-state index is 3.66. The van der Waals surface area contributed by atoms with Gasteiger partial charge in [0.25, 0.3) is 0 Å². The molecule has 1 aromatic rings. The summed E-state index contributed by atoms with van der Waals surface area (Å²) in [6, 6.07) is 9.41. The summed E-state index contributed by atoms with van der Waals surface area (Å²) in [5.74, 6) is 0. The van der Waals surface area contributed by atoms with Crippen molar-refractivity contribution in [1.82, 2.24) is 0 Å². The predicted octanol–water partition coefficient (Wildman–Crippen LogP) is 4.13. The topological polar surface area (TPSA) is 12.0 Å². The molecule has 0 spiro atoms. The minimum absolute atomic E-state index is 0.703. The van der Waals surface area contributed by atoms with Crippen LogP contribution in [0.25, 0.3) is 0 Å². The maximum atomic E-state index is 3.66. The van der Waals surface area contributed by atoms with Gasteiger partial charge in [0.1, 0.15) is 0 Å². The fourth-order valence-corrected chi connectivity index (χ4v) is 2.39. The van der Waals surface area contributed by atoms with E-state index in [9.17, 15) is 0 Å². The number of aryl methyl sites for hydroxylation is 1. The lowest BCUT2D eigenvalue weighted by Gasteiger charge is -2.17. The summed E-state index contributed by atoms with van der Waals surface area (Å²) < 4.78 is 0. The van der Waals surface area contributed by atoms with Crippen LogP contribution in [0.2, 0.25) is 0 Å². The van der Waals surface area contributed by atoms with Gasteiger partial charge in [0.2, 0.25) is 0 Å². The number of anilines is 1. The molecule has 1 saturated carbocycles. The highest BCUT2D eigenvalue weighted by molar-refractivity contribution is 5.46. The molecule has 1 aliphatic carbocycles. The molecular weight excluding hydrogens is 182 g/mol. The number of rotatable bonds is 2. The molecule has 0 unspecified atom stereocenters. The normalized spacial score (nSPS) is 18.5. The number of benzene rings is 1. The number of hydrogen-bond donors (Lipinski definition) is 1. The zero-order chi connectivity index (χ0) is 10.5. The van der Waals surface area contributed by atoms with Crippen molar-refractivity contribution in [3.63, 3.8) is 0 Å². The van der Waals surface area contributed by atoms with Crippen molar-refractivity contribution in [3.8, 4) is 0 Å². The van der Waals surface area contributed by atoms with E-state index in [1.165, 1.54) is 49.8 Å². The lowest BCUT2D eigenvalue weighted by atomic mass is 10.1. The molecule has 0 radical (unpaired) electrons. The van der Waals surface area contributed by atoms with E-state index in [-0.39, 0.29) is 0 Å². The molecule has 0 bridgehead atoms. The van der Waals surface area contributed by atoms with Gasteiger partial charge in [-0.3, -0.25) is 0 Å². The zero-order valence-corrected chi connectivity index (χ0v) is 9.63. The van der Waals surface area contributed by atoms with Crippen LogP contribution in [0, 0.1) is 6.92 Å². The largest absolute Gasteiger partial charge is 0.382 e. The molecule has 0 aromatic heterocycles. The van der Waals surface area contributed by atoms with Crippen LogP contribution < -0.4 is 5.32 Å². The molecule has 1 aliphatic rings. The molecule has 15 heavy (non-hydrogen) atoms. The SMILES string of the molecule is Cc1cccc(NC2CCCCCC2)c1. The van der Waals surface area contributed by atoms with Gasteiger partial charge in [-0.05, 0) is 37.5 Å². The summed E-state index contributed by atoms with van der Waals surface area (Å²) in [6.45, 7) is 2.15. The highest BCUT2D eigenvalue weighted by atomic mass is 14.9. The highest BCUT2D eigenvalue weighted by Gasteiger charge is 2.11. The predicted molar refractivity (Wildman–Crippen MR) is 66.3 cm³/mol. The fraction of sp³-hybridized carbons (Fsp3) is 0.571. The van der Waals surface area contributed by atoms with Crippen LogP contribution in [0.4, 0.5) is 5.69 Å². The van der Waals surface area contributed by atoms with Crippen molar-refractivity contribution in [3.05, 3.63) is 29.8 Å². The van der Waals surface area contributed by atoms with E-state index in [0.29, 0.717) is 6.04 Å². The van der Waals surface area contributed by atoms with E-state index in [1.54, 1.807) is 0 Å². The number of hydrogen-bond acceptors (Lipinski definition) is 1. The lowest BCUT2D eigenvalue weighted by Crippen LogP contribution is -2.18. The van der Waals surface area contributed by atoms with Crippen molar-refractivity contribution < 1.29 is 0 Å². The van der Waals surface area contributed by atoms with E-state index in [4.69, 9.17) is 0 Å². The molecule has 0 aliphatic heterocycles. The summed E-state index contributed by atoms with van der Waals surface area (Å²) in [7, 11) is 0. The van der Waals surface area contributed by atoms with Crippen LogP contribution in [0.3, 0.4) is 0 Å². The number of nitrogens with one attached hydrogen (secondary N) is 1. The van der Waals surface area contributed by atoms with Gasteiger partial charge < -0.3 is 5.32 Å². The lowest BCUT2D eigenvalue weighted by molar-refractivity contribution is 0.620. The third kappa shape index (κ3) is 3.26. The summed E-state index contributed by atoms with van der Waals surface area (Å²) in [4.78, 5) is 0. The van der Waals surface area contributed by atoms with Crippen LogP contribution >= 0.6 is 0 Å². The first-order valence-electron chi connectivity index (χ1n) is 6.18. The second kappa shape index (κ2) is 5.20. The van der Waals surface area contributed by atoms with Gasteiger partial charge in [0, 0.05) is 11.7 Å². The van der Waals surface area contributed by atoms with E-state index in [0.717, 1.165) is 0 Å². The van der Waals surface area contributed by atoms with Crippen LogP contribution in [0.1, 0.15) is 44.1 Å². The average Bonchev–Trinajstić information content (AvgIpc) is 2.46. The second-order valence-corrected chi connectivity index (χ2v) is 4.70. The molecule has 1 heteroatoms. The van der Waals surface area contributed by atoms with Gasteiger partial charge in [0.05, 0.1) is 0 Å².